The molecule has 0 atom stereocenters. The fourth-order valence-corrected chi connectivity index (χ4v) is 3.46. The molecular formula is C21H26ClN3O. The zero-order chi connectivity index (χ0) is 18.5. The fraction of sp³-hybridized carbons (Fsp3) is 0.381. The highest BCUT2D eigenvalue weighted by Gasteiger charge is 2.15. The summed E-state index contributed by atoms with van der Waals surface area (Å²) in [5, 5.41) is 6.78. The monoisotopic (exact) mass is 371 g/mol. The molecule has 0 bridgehead atoms. The van der Waals surface area contributed by atoms with E-state index in [1.165, 1.54) is 18.5 Å². The summed E-state index contributed by atoms with van der Waals surface area (Å²) in [6.07, 6.45) is 2.49. The van der Waals surface area contributed by atoms with Crippen LogP contribution in [0.25, 0.3) is 0 Å². The summed E-state index contributed by atoms with van der Waals surface area (Å²) in [6.45, 7) is 6.71. The van der Waals surface area contributed by atoms with Gasteiger partial charge in [-0.15, -0.1) is 0 Å². The number of nitrogens with one attached hydrogen (secondary N) is 2. The predicted molar refractivity (Wildman–Crippen MR) is 110 cm³/mol. The lowest BCUT2D eigenvalue weighted by Gasteiger charge is -2.32. The molecule has 1 fully saturated rings. The number of carbonyl (C=O) groups excluding carboxylic acids is 1. The molecule has 26 heavy (non-hydrogen) atoms. The van der Waals surface area contributed by atoms with Crippen molar-refractivity contribution in [3.8, 4) is 0 Å². The standard InChI is InChI=1S/C21H26ClN3O/c1-15-9-11-25(12-10-15)19-6-4-18(5-7-19)24-21(26)14-23-20-8-3-17(22)13-16(20)2/h3-8,13,15,23H,9-12,14H2,1-2H3,(H,24,26). The lowest BCUT2D eigenvalue weighted by atomic mass is 9.99. The third-order valence-corrected chi connectivity index (χ3v) is 5.16. The molecule has 5 heteroatoms. The minimum absolute atomic E-state index is 0.0705. The minimum Gasteiger partial charge on any atom is -0.376 e. The van der Waals surface area contributed by atoms with Gasteiger partial charge in [0.15, 0.2) is 0 Å². The van der Waals surface area contributed by atoms with Crippen molar-refractivity contribution in [2.75, 3.05) is 35.2 Å². The molecule has 0 aliphatic carbocycles. The number of rotatable bonds is 5. The molecule has 2 aromatic carbocycles. The Morgan fingerprint density at radius 2 is 1.85 bits per heavy atom. The smallest absolute Gasteiger partial charge is 0.243 e. The van der Waals surface area contributed by atoms with E-state index in [4.69, 9.17) is 11.6 Å². The molecule has 2 aromatic rings. The lowest BCUT2D eigenvalue weighted by Crippen LogP contribution is -2.32. The van der Waals surface area contributed by atoms with Crippen molar-refractivity contribution in [1.29, 1.82) is 0 Å². The van der Waals surface area contributed by atoms with Crippen LogP contribution in [-0.4, -0.2) is 25.5 Å². The van der Waals surface area contributed by atoms with Gasteiger partial charge < -0.3 is 15.5 Å². The Kier molecular flexibility index (Phi) is 6.04. The van der Waals surface area contributed by atoms with Crippen LogP contribution in [0.5, 0.6) is 0 Å². The number of amides is 1. The van der Waals surface area contributed by atoms with Crippen LogP contribution in [0, 0.1) is 12.8 Å². The Hall–Kier alpha value is -2.20. The number of aryl methyl sites for hydroxylation is 1. The lowest BCUT2D eigenvalue weighted by molar-refractivity contribution is -0.114. The fourth-order valence-electron chi connectivity index (χ4n) is 3.23. The highest BCUT2D eigenvalue weighted by Crippen LogP contribution is 2.24. The van der Waals surface area contributed by atoms with Gasteiger partial charge in [0, 0.05) is 35.2 Å². The Balaban J connectivity index is 1.51. The SMILES string of the molecule is Cc1cc(Cl)ccc1NCC(=O)Nc1ccc(N2CCC(C)CC2)cc1. The number of halogens is 1. The second-order valence-electron chi connectivity index (χ2n) is 7.08. The summed E-state index contributed by atoms with van der Waals surface area (Å²) < 4.78 is 0. The molecule has 4 nitrogen and oxygen atoms in total. The Morgan fingerprint density at radius 1 is 1.15 bits per heavy atom. The van der Waals surface area contributed by atoms with Crippen LogP contribution in [0.1, 0.15) is 25.3 Å². The number of benzene rings is 2. The Morgan fingerprint density at radius 3 is 2.50 bits per heavy atom. The van der Waals surface area contributed by atoms with Crippen molar-refractivity contribution in [3.63, 3.8) is 0 Å². The summed E-state index contributed by atoms with van der Waals surface area (Å²) in [6, 6.07) is 13.7. The zero-order valence-electron chi connectivity index (χ0n) is 15.4. The third-order valence-electron chi connectivity index (χ3n) is 4.93. The van der Waals surface area contributed by atoms with Crippen LogP contribution in [0.15, 0.2) is 42.5 Å². The van der Waals surface area contributed by atoms with Gasteiger partial charge in [-0.25, -0.2) is 0 Å². The van der Waals surface area contributed by atoms with Crippen molar-refractivity contribution in [3.05, 3.63) is 53.1 Å². The van der Waals surface area contributed by atoms with E-state index in [0.29, 0.717) is 5.02 Å². The number of hydrogen-bond donors (Lipinski definition) is 2. The van der Waals surface area contributed by atoms with Gasteiger partial charge in [-0.1, -0.05) is 18.5 Å². The van der Waals surface area contributed by atoms with Crippen molar-refractivity contribution in [2.24, 2.45) is 5.92 Å². The van der Waals surface area contributed by atoms with E-state index < -0.39 is 0 Å². The molecule has 0 spiro atoms. The molecule has 1 amide bonds. The van der Waals surface area contributed by atoms with Crippen LogP contribution < -0.4 is 15.5 Å². The maximum Gasteiger partial charge on any atom is 0.243 e. The number of piperidine rings is 1. The van der Waals surface area contributed by atoms with Crippen LogP contribution in [0.3, 0.4) is 0 Å². The quantitative estimate of drug-likeness (QED) is 0.782. The normalized spacial score (nSPS) is 15.0. The minimum atomic E-state index is -0.0705. The average molecular weight is 372 g/mol. The van der Waals surface area contributed by atoms with E-state index in [1.54, 1.807) is 0 Å². The molecule has 0 saturated carbocycles. The van der Waals surface area contributed by atoms with Crippen LogP contribution in [-0.2, 0) is 4.79 Å². The Bertz CT molecular complexity index is 752. The summed E-state index contributed by atoms with van der Waals surface area (Å²) in [4.78, 5) is 14.6. The summed E-state index contributed by atoms with van der Waals surface area (Å²) in [5.74, 6) is 0.750. The molecule has 1 aliphatic heterocycles. The maximum atomic E-state index is 12.2. The van der Waals surface area contributed by atoms with Gasteiger partial charge in [-0.05, 0) is 73.7 Å². The third kappa shape index (κ3) is 4.92. The van der Waals surface area contributed by atoms with Crippen molar-refractivity contribution in [1.82, 2.24) is 0 Å². The molecule has 0 unspecified atom stereocenters. The van der Waals surface area contributed by atoms with Gasteiger partial charge in [0.25, 0.3) is 0 Å². The van der Waals surface area contributed by atoms with E-state index in [0.717, 1.165) is 35.9 Å². The number of nitrogens with zero attached hydrogens (tertiary/aromatic N) is 1. The number of anilines is 3. The molecule has 1 saturated heterocycles. The molecule has 0 radical (unpaired) electrons. The molecular weight excluding hydrogens is 346 g/mol. The summed E-state index contributed by atoms with van der Waals surface area (Å²) >= 11 is 5.95. The maximum absolute atomic E-state index is 12.2. The first-order valence-corrected chi connectivity index (χ1v) is 9.54. The van der Waals surface area contributed by atoms with E-state index in [1.807, 2.05) is 37.3 Å². The summed E-state index contributed by atoms with van der Waals surface area (Å²) in [5.41, 5.74) is 3.98. The number of hydrogen-bond acceptors (Lipinski definition) is 3. The first kappa shape index (κ1) is 18.6. The van der Waals surface area contributed by atoms with Gasteiger partial charge in [0.05, 0.1) is 6.54 Å². The second kappa shape index (κ2) is 8.45. The highest BCUT2D eigenvalue weighted by atomic mass is 35.5. The first-order valence-electron chi connectivity index (χ1n) is 9.16. The van der Waals surface area contributed by atoms with Gasteiger partial charge in [0.1, 0.15) is 0 Å². The molecule has 2 N–H and O–H groups in total. The largest absolute Gasteiger partial charge is 0.376 e. The molecule has 0 aromatic heterocycles. The van der Waals surface area contributed by atoms with E-state index >= 15 is 0 Å². The molecule has 138 valence electrons. The topological polar surface area (TPSA) is 44.4 Å². The molecule has 1 heterocycles. The highest BCUT2D eigenvalue weighted by molar-refractivity contribution is 6.30. The van der Waals surface area contributed by atoms with Crippen LogP contribution >= 0.6 is 11.6 Å². The second-order valence-corrected chi connectivity index (χ2v) is 7.51. The van der Waals surface area contributed by atoms with Gasteiger partial charge >= 0.3 is 0 Å². The van der Waals surface area contributed by atoms with Gasteiger partial charge in [-0.2, -0.15) is 0 Å². The number of carbonyl (C=O) groups is 1. The summed E-state index contributed by atoms with van der Waals surface area (Å²) in [7, 11) is 0. The first-order chi connectivity index (χ1) is 12.5. The van der Waals surface area contributed by atoms with Crippen molar-refractivity contribution in [2.45, 2.75) is 26.7 Å². The molecule has 3 rings (SSSR count). The zero-order valence-corrected chi connectivity index (χ0v) is 16.1. The van der Waals surface area contributed by atoms with E-state index in [2.05, 4.69) is 34.6 Å². The van der Waals surface area contributed by atoms with Crippen LogP contribution in [0.4, 0.5) is 17.1 Å². The van der Waals surface area contributed by atoms with Crippen LogP contribution in [0.2, 0.25) is 5.02 Å². The van der Waals surface area contributed by atoms with Gasteiger partial charge in [-0.3, -0.25) is 4.79 Å². The predicted octanol–water partition coefficient (Wildman–Crippen LogP) is 4.94. The molecule has 1 aliphatic rings. The van der Waals surface area contributed by atoms with E-state index in [9.17, 15) is 4.79 Å². The Labute approximate surface area is 160 Å². The van der Waals surface area contributed by atoms with E-state index in [-0.39, 0.29) is 12.5 Å². The van der Waals surface area contributed by atoms with Crippen molar-refractivity contribution >= 4 is 34.6 Å². The van der Waals surface area contributed by atoms with Crippen molar-refractivity contribution < 1.29 is 4.79 Å². The average Bonchev–Trinajstić information content (AvgIpc) is 2.62. The van der Waals surface area contributed by atoms with Gasteiger partial charge in [0.2, 0.25) is 5.91 Å².